The molecule has 0 saturated carbocycles. The molecule has 1 heterocycles. The van der Waals surface area contributed by atoms with E-state index in [9.17, 15) is 4.79 Å². The molecule has 1 aromatic heterocycles. The molecule has 0 aliphatic heterocycles. The van der Waals surface area contributed by atoms with Gasteiger partial charge in [-0.25, -0.2) is 0 Å². The summed E-state index contributed by atoms with van der Waals surface area (Å²) in [4.78, 5) is 18.5. The Balaban J connectivity index is 1.72. The topological polar surface area (TPSA) is 77.7 Å². The second-order valence-corrected chi connectivity index (χ2v) is 7.05. The van der Waals surface area contributed by atoms with Gasteiger partial charge in [-0.3, -0.25) is 9.69 Å². The first kappa shape index (κ1) is 21.5. The minimum Gasteiger partial charge on any atom is -0.494 e. The largest absolute Gasteiger partial charge is 0.494 e. The van der Waals surface area contributed by atoms with E-state index < -0.39 is 0 Å². The molecule has 0 spiro atoms. The van der Waals surface area contributed by atoms with Crippen LogP contribution in [0.1, 0.15) is 25.3 Å². The van der Waals surface area contributed by atoms with E-state index in [-0.39, 0.29) is 11.9 Å². The molecule has 3 aromatic rings. The minimum absolute atomic E-state index is 0.242. The van der Waals surface area contributed by atoms with Crippen LogP contribution in [0.5, 0.6) is 5.75 Å². The Morgan fingerprint density at radius 2 is 1.83 bits per heavy atom. The molecule has 0 fully saturated rings. The van der Waals surface area contributed by atoms with E-state index in [1.807, 2.05) is 56.3 Å². The fourth-order valence-electron chi connectivity index (χ4n) is 3.18. The quantitative estimate of drug-likeness (QED) is 0.469. The number of hydrogen-bond donors (Lipinski definition) is 0. The highest BCUT2D eigenvalue weighted by molar-refractivity contribution is 5.72. The second kappa shape index (κ2) is 10.5. The first-order valence-electron chi connectivity index (χ1n) is 9.99. The number of benzene rings is 2. The van der Waals surface area contributed by atoms with Crippen LogP contribution in [0.2, 0.25) is 0 Å². The van der Waals surface area contributed by atoms with Crippen LogP contribution in [0.3, 0.4) is 0 Å². The van der Waals surface area contributed by atoms with Crippen LogP contribution in [-0.2, 0) is 22.6 Å². The third-order valence-electron chi connectivity index (χ3n) is 4.64. The highest BCUT2D eigenvalue weighted by atomic mass is 16.5. The number of nitrogens with zero attached hydrogens (tertiary/aromatic N) is 3. The highest BCUT2D eigenvalue weighted by Gasteiger charge is 2.20. The maximum Gasteiger partial charge on any atom is 0.309 e. The number of aromatic nitrogens is 2. The van der Waals surface area contributed by atoms with Crippen molar-refractivity contribution < 1.29 is 18.8 Å². The fourth-order valence-corrected chi connectivity index (χ4v) is 3.18. The van der Waals surface area contributed by atoms with Crippen LogP contribution in [0.4, 0.5) is 0 Å². The van der Waals surface area contributed by atoms with Crippen molar-refractivity contribution in [1.82, 2.24) is 15.0 Å². The lowest BCUT2D eigenvalue weighted by Gasteiger charge is -2.23. The predicted octanol–water partition coefficient (Wildman–Crippen LogP) is 3.95. The van der Waals surface area contributed by atoms with Crippen molar-refractivity contribution >= 4 is 5.97 Å². The zero-order valence-electron chi connectivity index (χ0n) is 17.6. The number of esters is 1. The molecule has 0 saturated heterocycles. The Bertz CT molecular complexity index is 925. The number of carbonyl (C=O) groups is 1. The third kappa shape index (κ3) is 5.90. The van der Waals surface area contributed by atoms with Gasteiger partial charge in [0.1, 0.15) is 5.75 Å². The molecule has 7 heteroatoms. The van der Waals surface area contributed by atoms with Gasteiger partial charge < -0.3 is 14.0 Å². The SMILES string of the molecule is CCOc1ccc(-c2noc(CN(Cc3ccccc3)C[C@H](C)C(=O)OC)n2)cc1. The molecular formula is C23H27N3O4. The molecule has 30 heavy (non-hydrogen) atoms. The molecule has 0 unspecified atom stereocenters. The molecule has 0 aliphatic carbocycles. The summed E-state index contributed by atoms with van der Waals surface area (Å²) >= 11 is 0. The lowest BCUT2D eigenvalue weighted by Crippen LogP contribution is -2.32. The summed E-state index contributed by atoms with van der Waals surface area (Å²) in [5, 5.41) is 4.11. The summed E-state index contributed by atoms with van der Waals surface area (Å²) in [6, 6.07) is 17.6. The van der Waals surface area contributed by atoms with Crippen molar-refractivity contribution in [3.8, 4) is 17.1 Å². The van der Waals surface area contributed by atoms with Gasteiger partial charge in [0.25, 0.3) is 0 Å². The fraction of sp³-hybridized carbons (Fsp3) is 0.348. The predicted molar refractivity (Wildman–Crippen MR) is 113 cm³/mol. The van der Waals surface area contributed by atoms with E-state index in [1.165, 1.54) is 7.11 Å². The van der Waals surface area contributed by atoms with E-state index >= 15 is 0 Å². The molecule has 158 valence electrons. The number of methoxy groups -OCH3 is 1. The highest BCUT2D eigenvalue weighted by Crippen LogP contribution is 2.21. The van der Waals surface area contributed by atoms with E-state index in [4.69, 9.17) is 14.0 Å². The maximum absolute atomic E-state index is 11.9. The molecule has 1 atom stereocenters. The van der Waals surface area contributed by atoms with E-state index in [2.05, 4.69) is 27.2 Å². The summed E-state index contributed by atoms with van der Waals surface area (Å²) in [5.74, 6) is 1.30. The lowest BCUT2D eigenvalue weighted by molar-refractivity contribution is -0.145. The standard InChI is InChI=1S/C23H27N3O4/c1-4-29-20-12-10-19(11-13-20)22-24-21(30-25-22)16-26(14-17(2)23(27)28-3)15-18-8-6-5-7-9-18/h5-13,17H,4,14-16H2,1-3H3/t17-/m0/s1. The van der Waals surface area contributed by atoms with Crippen LogP contribution in [0, 0.1) is 5.92 Å². The lowest BCUT2D eigenvalue weighted by atomic mass is 10.1. The Morgan fingerprint density at radius 1 is 1.10 bits per heavy atom. The number of hydrogen-bond acceptors (Lipinski definition) is 7. The van der Waals surface area contributed by atoms with Gasteiger partial charge in [-0.1, -0.05) is 42.4 Å². The van der Waals surface area contributed by atoms with Crippen LogP contribution in [0.15, 0.2) is 59.1 Å². The molecule has 0 N–H and O–H groups in total. The van der Waals surface area contributed by atoms with Gasteiger partial charge in [0.15, 0.2) is 0 Å². The summed E-state index contributed by atoms with van der Waals surface area (Å²) < 4.78 is 15.8. The normalized spacial score (nSPS) is 12.0. The molecular weight excluding hydrogens is 382 g/mol. The smallest absolute Gasteiger partial charge is 0.309 e. The summed E-state index contributed by atoms with van der Waals surface area (Å²) in [5.41, 5.74) is 1.99. The zero-order chi connectivity index (χ0) is 21.3. The van der Waals surface area contributed by atoms with Crippen molar-refractivity contribution in [2.45, 2.75) is 26.9 Å². The van der Waals surface area contributed by atoms with Crippen LogP contribution >= 0.6 is 0 Å². The number of ether oxygens (including phenoxy) is 2. The summed E-state index contributed by atoms with van der Waals surface area (Å²) in [6.45, 7) is 6.02. The Morgan fingerprint density at radius 3 is 2.50 bits per heavy atom. The monoisotopic (exact) mass is 409 g/mol. The van der Waals surface area contributed by atoms with Crippen molar-refractivity contribution in [1.29, 1.82) is 0 Å². The van der Waals surface area contributed by atoms with Crippen molar-refractivity contribution in [2.24, 2.45) is 5.92 Å². The van der Waals surface area contributed by atoms with Gasteiger partial charge in [-0.05, 0) is 36.8 Å². The molecule has 0 bridgehead atoms. The van der Waals surface area contributed by atoms with Crippen molar-refractivity contribution in [3.63, 3.8) is 0 Å². The van der Waals surface area contributed by atoms with Crippen LogP contribution in [-0.4, -0.2) is 41.3 Å². The molecule has 0 aliphatic rings. The molecule has 7 nitrogen and oxygen atoms in total. The minimum atomic E-state index is -0.271. The third-order valence-corrected chi connectivity index (χ3v) is 4.64. The van der Waals surface area contributed by atoms with Crippen molar-refractivity contribution in [3.05, 3.63) is 66.1 Å². The average molecular weight is 409 g/mol. The first-order chi connectivity index (χ1) is 14.6. The first-order valence-corrected chi connectivity index (χ1v) is 9.99. The molecule has 0 radical (unpaired) electrons. The Hall–Kier alpha value is -3.19. The van der Waals surface area contributed by atoms with Gasteiger partial charge in [-0.2, -0.15) is 4.98 Å². The molecule has 2 aromatic carbocycles. The van der Waals surface area contributed by atoms with Crippen molar-refractivity contribution in [2.75, 3.05) is 20.3 Å². The molecule has 0 amide bonds. The van der Waals surface area contributed by atoms with Gasteiger partial charge >= 0.3 is 5.97 Å². The zero-order valence-corrected chi connectivity index (χ0v) is 17.6. The summed E-state index contributed by atoms with van der Waals surface area (Å²) in [6.07, 6.45) is 0. The number of rotatable bonds is 10. The Kier molecular flexibility index (Phi) is 7.57. The molecule has 3 rings (SSSR count). The van der Waals surface area contributed by atoms with Gasteiger partial charge in [0, 0.05) is 18.7 Å². The Labute approximate surface area is 176 Å². The van der Waals surface area contributed by atoms with Gasteiger partial charge in [-0.15, -0.1) is 0 Å². The second-order valence-electron chi connectivity index (χ2n) is 7.05. The summed E-state index contributed by atoms with van der Waals surface area (Å²) in [7, 11) is 1.40. The van der Waals surface area contributed by atoms with Gasteiger partial charge in [0.05, 0.1) is 26.2 Å². The maximum atomic E-state index is 11.9. The van der Waals surface area contributed by atoms with E-state index in [0.29, 0.717) is 38.0 Å². The van der Waals surface area contributed by atoms with E-state index in [0.717, 1.165) is 16.9 Å². The van der Waals surface area contributed by atoms with Crippen LogP contribution in [0.25, 0.3) is 11.4 Å². The van der Waals surface area contributed by atoms with E-state index in [1.54, 1.807) is 0 Å². The van der Waals surface area contributed by atoms with Crippen LogP contribution < -0.4 is 4.74 Å². The number of carbonyl (C=O) groups excluding carboxylic acids is 1. The average Bonchev–Trinajstić information content (AvgIpc) is 3.23. The van der Waals surface area contributed by atoms with Gasteiger partial charge in [0.2, 0.25) is 11.7 Å².